The first kappa shape index (κ1) is 11.3. The molecule has 0 aliphatic heterocycles. The molecule has 1 rings (SSSR count). The normalized spacial score (nSPS) is 10.1. The highest BCUT2D eigenvalue weighted by atomic mass is 35.5. The average molecular weight is 213 g/mol. The van der Waals surface area contributed by atoms with Crippen molar-refractivity contribution < 1.29 is 0 Å². The lowest BCUT2D eigenvalue weighted by atomic mass is 10.3. The summed E-state index contributed by atoms with van der Waals surface area (Å²) in [5, 5.41) is 7.40. The topological polar surface area (TPSA) is 24.1 Å². The molecule has 0 heterocycles. The quantitative estimate of drug-likeness (QED) is 0.709. The Morgan fingerprint density at radius 2 is 2.07 bits per heavy atom. The van der Waals surface area contributed by atoms with Crippen LogP contribution in [0, 0.1) is 0 Å². The summed E-state index contributed by atoms with van der Waals surface area (Å²) in [6, 6.07) is 7.78. The number of hydrogen-bond donors (Lipinski definition) is 2. The van der Waals surface area contributed by atoms with Crippen LogP contribution in [0.1, 0.15) is 13.3 Å². The first-order valence-electron chi connectivity index (χ1n) is 5.03. The van der Waals surface area contributed by atoms with Gasteiger partial charge in [-0.1, -0.05) is 24.6 Å². The maximum absolute atomic E-state index is 5.85. The molecular formula is C11H17ClN2. The molecule has 0 unspecified atom stereocenters. The van der Waals surface area contributed by atoms with Crippen molar-refractivity contribution in [1.82, 2.24) is 5.32 Å². The fraction of sp³-hybridized carbons (Fsp3) is 0.455. The Labute approximate surface area is 90.7 Å². The highest BCUT2D eigenvalue weighted by Crippen LogP contribution is 2.14. The van der Waals surface area contributed by atoms with Gasteiger partial charge in [0.25, 0.3) is 0 Å². The van der Waals surface area contributed by atoms with Crippen molar-refractivity contribution in [1.29, 1.82) is 0 Å². The van der Waals surface area contributed by atoms with Gasteiger partial charge in [-0.25, -0.2) is 0 Å². The number of nitrogens with one attached hydrogen (secondary N) is 2. The van der Waals surface area contributed by atoms with Crippen molar-refractivity contribution in [2.75, 3.05) is 25.0 Å². The van der Waals surface area contributed by atoms with E-state index in [2.05, 4.69) is 17.6 Å². The number of rotatable bonds is 6. The monoisotopic (exact) mass is 212 g/mol. The molecule has 0 atom stereocenters. The first-order chi connectivity index (χ1) is 6.83. The molecule has 0 amide bonds. The van der Waals surface area contributed by atoms with Crippen molar-refractivity contribution in [2.24, 2.45) is 0 Å². The van der Waals surface area contributed by atoms with Crippen molar-refractivity contribution in [3.63, 3.8) is 0 Å². The molecule has 78 valence electrons. The van der Waals surface area contributed by atoms with Crippen LogP contribution in [0.5, 0.6) is 0 Å². The van der Waals surface area contributed by atoms with Gasteiger partial charge in [-0.05, 0) is 31.2 Å². The highest BCUT2D eigenvalue weighted by molar-refractivity contribution is 6.30. The van der Waals surface area contributed by atoms with Gasteiger partial charge in [0.2, 0.25) is 0 Å². The van der Waals surface area contributed by atoms with E-state index in [1.54, 1.807) is 0 Å². The SMILES string of the molecule is CCCNCCNc1cccc(Cl)c1. The molecule has 2 N–H and O–H groups in total. The molecule has 2 nitrogen and oxygen atoms in total. The fourth-order valence-corrected chi connectivity index (χ4v) is 1.39. The van der Waals surface area contributed by atoms with Gasteiger partial charge >= 0.3 is 0 Å². The maximum atomic E-state index is 5.85. The molecule has 0 bridgehead atoms. The zero-order valence-corrected chi connectivity index (χ0v) is 9.27. The van der Waals surface area contributed by atoms with Crippen LogP contribution < -0.4 is 10.6 Å². The molecule has 1 aromatic rings. The smallest absolute Gasteiger partial charge is 0.0426 e. The standard InChI is InChI=1S/C11H17ClN2/c1-2-6-13-7-8-14-11-5-3-4-10(12)9-11/h3-5,9,13-14H,2,6-8H2,1H3. The Morgan fingerprint density at radius 3 is 2.79 bits per heavy atom. The van der Waals surface area contributed by atoms with Crippen LogP contribution in [0.15, 0.2) is 24.3 Å². The molecule has 0 saturated carbocycles. The lowest BCUT2D eigenvalue weighted by Gasteiger charge is -2.07. The largest absolute Gasteiger partial charge is 0.384 e. The molecule has 0 saturated heterocycles. The molecule has 0 aliphatic rings. The molecule has 0 spiro atoms. The molecule has 14 heavy (non-hydrogen) atoms. The average Bonchev–Trinajstić information content (AvgIpc) is 2.18. The van der Waals surface area contributed by atoms with Crippen LogP contribution in [0.2, 0.25) is 5.02 Å². The van der Waals surface area contributed by atoms with Gasteiger partial charge in [-0.15, -0.1) is 0 Å². The summed E-state index contributed by atoms with van der Waals surface area (Å²) >= 11 is 5.85. The molecule has 0 aliphatic carbocycles. The fourth-order valence-electron chi connectivity index (χ4n) is 1.20. The zero-order valence-electron chi connectivity index (χ0n) is 8.52. The highest BCUT2D eigenvalue weighted by Gasteiger charge is 1.91. The van der Waals surface area contributed by atoms with Crippen LogP contribution in [-0.4, -0.2) is 19.6 Å². The van der Waals surface area contributed by atoms with Gasteiger partial charge in [0.1, 0.15) is 0 Å². The minimum Gasteiger partial charge on any atom is -0.384 e. The van der Waals surface area contributed by atoms with E-state index in [1.165, 1.54) is 6.42 Å². The zero-order chi connectivity index (χ0) is 10.2. The number of hydrogen-bond acceptors (Lipinski definition) is 2. The van der Waals surface area contributed by atoms with Crippen LogP contribution >= 0.6 is 11.6 Å². The van der Waals surface area contributed by atoms with E-state index in [0.717, 1.165) is 30.3 Å². The second-order valence-electron chi connectivity index (χ2n) is 3.19. The molecule has 0 aromatic heterocycles. The van der Waals surface area contributed by atoms with Gasteiger partial charge < -0.3 is 10.6 Å². The first-order valence-corrected chi connectivity index (χ1v) is 5.41. The van der Waals surface area contributed by atoms with Crippen molar-refractivity contribution in [3.05, 3.63) is 29.3 Å². The molecule has 1 aromatic carbocycles. The van der Waals surface area contributed by atoms with Crippen molar-refractivity contribution >= 4 is 17.3 Å². The minimum absolute atomic E-state index is 0.775. The van der Waals surface area contributed by atoms with E-state index < -0.39 is 0 Å². The van der Waals surface area contributed by atoms with E-state index in [-0.39, 0.29) is 0 Å². The van der Waals surface area contributed by atoms with Crippen molar-refractivity contribution in [3.8, 4) is 0 Å². The van der Waals surface area contributed by atoms with Crippen molar-refractivity contribution in [2.45, 2.75) is 13.3 Å². The third-order valence-electron chi connectivity index (χ3n) is 1.88. The van der Waals surface area contributed by atoms with E-state index in [1.807, 2.05) is 24.3 Å². The van der Waals surface area contributed by atoms with E-state index >= 15 is 0 Å². The third kappa shape index (κ3) is 4.49. The second-order valence-corrected chi connectivity index (χ2v) is 3.62. The summed E-state index contributed by atoms with van der Waals surface area (Å²) < 4.78 is 0. The van der Waals surface area contributed by atoms with E-state index in [9.17, 15) is 0 Å². The summed E-state index contributed by atoms with van der Waals surface area (Å²) in [5.74, 6) is 0. The Bertz CT molecular complexity index is 263. The van der Waals surface area contributed by atoms with Gasteiger partial charge in [-0.2, -0.15) is 0 Å². The predicted molar refractivity (Wildman–Crippen MR) is 63.1 cm³/mol. The third-order valence-corrected chi connectivity index (χ3v) is 2.12. The summed E-state index contributed by atoms with van der Waals surface area (Å²) in [6.07, 6.45) is 1.18. The lowest BCUT2D eigenvalue weighted by Crippen LogP contribution is -2.22. The van der Waals surface area contributed by atoms with Gasteiger partial charge in [0, 0.05) is 23.8 Å². The number of anilines is 1. The molecule has 0 fully saturated rings. The Hall–Kier alpha value is -0.730. The van der Waals surface area contributed by atoms with Crippen LogP contribution in [0.3, 0.4) is 0 Å². The van der Waals surface area contributed by atoms with Crippen LogP contribution in [0.25, 0.3) is 0 Å². The summed E-state index contributed by atoms with van der Waals surface area (Å²) in [5.41, 5.74) is 1.08. The maximum Gasteiger partial charge on any atom is 0.0426 e. The summed E-state index contributed by atoms with van der Waals surface area (Å²) in [4.78, 5) is 0. The molecule has 3 heteroatoms. The van der Waals surface area contributed by atoms with E-state index in [0.29, 0.717) is 0 Å². The molecule has 0 radical (unpaired) electrons. The van der Waals surface area contributed by atoms with Gasteiger partial charge in [0.15, 0.2) is 0 Å². The van der Waals surface area contributed by atoms with E-state index in [4.69, 9.17) is 11.6 Å². The Balaban J connectivity index is 2.18. The number of benzene rings is 1. The minimum atomic E-state index is 0.775. The molecular weight excluding hydrogens is 196 g/mol. The number of halogens is 1. The second kappa shape index (κ2) is 6.68. The van der Waals surface area contributed by atoms with Crippen LogP contribution in [-0.2, 0) is 0 Å². The summed E-state index contributed by atoms with van der Waals surface area (Å²) in [7, 11) is 0. The van der Waals surface area contributed by atoms with Gasteiger partial charge in [-0.3, -0.25) is 0 Å². The Kier molecular flexibility index (Phi) is 5.42. The summed E-state index contributed by atoms with van der Waals surface area (Å²) in [6.45, 7) is 5.16. The van der Waals surface area contributed by atoms with Crippen LogP contribution in [0.4, 0.5) is 5.69 Å². The van der Waals surface area contributed by atoms with Gasteiger partial charge in [0.05, 0.1) is 0 Å². The predicted octanol–water partition coefficient (Wildman–Crippen LogP) is 2.75. The lowest BCUT2D eigenvalue weighted by molar-refractivity contribution is 0.688. The Morgan fingerprint density at radius 1 is 1.21 bits per heavy atom.